The second kappa shape index (κ2) is 12.1. The van der Waals surface area contributed by atoms with Crippen molar-refractivity contribution in [3.63, 3.8) is 0 Å². The average molecular weight is 594 g/mol. The zero-order chi connectivity index (χ0) is 29.1. The predicted octanol–water partition coefficient (Wildman–Crippen LogP) is 3.71. The van der Waals surface area contributed by atoms with Crippen molar-refractivity contribution in [2.24, 2.45) is 0 Å². The number of fused-ring (bicyclic) bond motifs is 1. The Labute approximate surface area is 243 Å². The van der Waals surface area contributed by atoms with Crippen LogP contribution in [0.15, 0.2) is 82.7 Å². The number of carbonyl (C=O) groups excluding carboxylic acids is 1. The van der Waals surface area contributed by atoms with Crippen molar-refractivity contribution in [2.75, 3.05) is 43.2 Å². The van der Waals surface area contributed by atoms with Gasteiger partial charge in [0.25, 0.3) is 5.91 Å². The van der Waals surface area contributed by atoms with Gasteiger partial charge < -0.3 is 20.1 Å². The second-order valence-electron chi connectivity index (χ2n) is 10.4. The lowest BCUT2D eigenvalue weighted by atomic mass is 10.1. The number of para-hydroxylation sites is 1. The summed E-state index contributed by atoms with van der Waals surface area (Å²) in [5.74, 6) is -0.828. The van der Waals surface area contributed by atoms with Gasteiger partial charge in [0.2, 0.25) is 9.84 Å². The minimum Gasteiger partial charge on any atom is -0.377 e. The van der Waals surface area contributed by atoms with Gasteiger partial charge in [-0.15, -0.1) is 0 Å². The number of halogens is 1. The molecule has 3 aromatic carbocycles. The first kappa shape index (κ1) is 28.1. The number of ether oxygens (including phenoxy) is 2. The average Bonchev–Trinajstić information content (AvgIpc) is 3.44. The number of anilines is 1. The van der Waals surface area contributed by atoms with E-state index in [0.717, 1.165) is 31.0 Å². The highest BCUT2D eigenvalue weighted by molar-refractivity contribution is 7.91. The number of amides is 1. The van der Waals surface area contributed by atoms with Gasteiger partial charge in [0.15, 0.2) is 0 Å². The summed E-state index contributed by atoms with van der Waals surface area (Å²) in [6.07, 6.45) is 4.49. The number of hydrogen-bond donors (Lipinski definition) is 2. The van der Waals surface area contributed by atoms with E-state index in [1.807, 2.05) is 23.2 Å². The van der Waals surface area contributed by atoms with Crippen LogP contribution in [0.5, 0.6) is 0 Å². The van der Waals surface area contributed by atoms with Crippen LogP contribution < -0.4 is 15.6 Å². The molecule has 0 bridgehead atoms. The normalized spacial score (nSPS) is 19.5. The molecule has 6 rings (SSSR count). The molecule has 2 aliphatic rings. The van der Waals surface area contributed by atoms with Gasteiger partial charge in [0.05, 0.1) is 52.9 Å². The molecule has 0 spiro atoms. The van der Waals surface area contributed by atoms with E-state index in [2.05, 4.69) is 15.7 Å². The second-order valence-corrected chi connectivity index (χ2v) is 12.3. The van der Waals surface area contributed by atoms with Gasteiger partial charge in [-0.05, 0) is 67.8 Å². The molecule has 2 unspecified atom stereocenters. The largest absolute Gasteiger partial charge is 0.377 e. The van der Waals surface area contributed by atoms with Crippen molar-refractivity contribution in [3.8, 4) is 0 Å². The summed E-state index contributed by atoms with van der Waals surface area (Å²) < 4.78 is 51.5. The zero-order valence-corrected chi connectivity index (χ0v) is 23.7. The highest BCUT2D eigenvalue weighted by atomic mass is 32.2. The van der Waals surface area contributed by atoms with Crippen LogP contribution in [0, 0.1) is 5.82 Å². The van der Waals surface area contributed by atoms with Gasteiger partial charge in [0, 0.05) is 24.2 Å². The van der Waals surface area contributed by atoms with Crippen molar-refractivity contribution >= 4 is 32.3 Å². The van der Waals surface area contributed by atoms with Crippen LogP contribution in [0.2, 0.25) is 0 Å². The quantitative estimate of drug-likeness (QED) is 0.318. The number of aromatic nitrogens is 2. The monoisotopic (exact) mass is 593 g/mol. The molecule has 4 aromatic rings. The number of sulfone groups is 1. The number of carbonyl (C=O) groups is 1. The Morgan fingerprint density at radius 1 is 1.02 bits per heavy atom. The lowest BCUT2D eigenvalue weighted by molar-refractivity contribution is 0.0343. The molecule has 10 nitrogen and oxygen atoms in total. The van der Waals surface area contributed by atoms with Crippen LogP contribution in [-0.2, 0) is 19.3 Å². The van der Waals surface area contributed by atoms with E-state index in [0.29, 0.717) is 49.4 Å². The summed E-state index contributed by atoms with van der Waals surface area (Å²) in [6.45, 7) is 2.39. The van der Waals surface area contributed by atoms with Crippen molar-refractivity contribution in [1.29, 1.82) is 0 Å². The van der Waals surface area contributed by atoms with Crippen molar-refractivity contribution in [2.45, 2.75) is 41.3 Å². The molecule has 3 heterocycles. The molecule has 2 aliphatic heterocycles. The number of nitrogens with zero attached hydrogens (tertiary/aromatic N) is 3. The molecule has 2 fully saturated rings. The minimum absolute atomic E-state index is 0.0526. The molecule has 2 atom stereocenters. The maximum Gasteiger partial charge on any atom is 0.253 e. The lowest BCUT2D eigenvalue weighted by Crippen LogP contribution is -2.56. The molecule has 0 radical (unpaired) electrons. The zero-order valence-electron chi connectivity index (χ0n) is 22.9. The number of morpholine rings is 1. The van der Waals surface area contributed by atoms with E-state index >= 15 is 0 Å². The fourth-order valence-electron chi connectivity index (χ4n) is 5.34. The van der Waals surface area contributed by atoms with Crippen molar-refractivity contribution in [1.82, 2.24) is 15.2 Å². The van der Waals surface area contributed by atoms with Crippen molar-refractivity contribution < 1.29 is 27.1 Å². The van der Waals surface area contributed by atoms with Crippen LogP contribution in [0.4, 0.5) is 10.1 Å². The fraction of sp³-hybridized carbons (Fsp3) is 0.333. The summed E-state index contributed by atoms with van der Waals surface area (Å²) in [5, 5.41) is 13.6. The molecular formula is C30H32FN5O5S. The Balaban J connectivity index is 1.18. The molecule has 1 aromatic heterocycles. The topological polar surface area (TPSA) is 115 Å². The predicted molar refractivity (Wildman–Crippen MR) is 155 cm³/mol. The lowest BCUT2D eigenvalue weighted by Gasteiger charge is -2.37. The van der Waals surface area contributed by atoms with Crippen molar-refractivity contribution in [3.05, 3.63) is 84.3 Å². The van der Waals surface area contributed by atoms with E-state index in [9.17, 15) is 17.6 Å². The summed E-state index contributed by atoms with van der Waals surface area (Å²) in [5.41, 5.74) is 1.96. The number of hydrogen-bond acceptors (Lipinski definition) is 8. The Morgan fingerprint density at radius 2 is 1.88 bits per heavy atom. The number of nitrogens with one attached hydrogen (secondary N) is 2. The van der Waals surface area contributed by atoms with Gasteiger partial charge in [-0.3, -0.25) is 9.80 Å². The van der Waals surface area contributed by atoms with E-state index < -0.39 is 15.7 Å². The minimum atomic E-state index is -3.91. The molecule has 12 heteroatoms. The summed E-state index contributed by atoms with van der Waals surface area (Å²) in [6, 6.07) is 16.8. The van der Waals surface area contributed by atoms with Crippen LogP contribution in [0.25, 0.3) is 10.9 Å². The smallest absolute Gasteiger partial charge is 0.253 e. The first-order valence-corrected chi connectivity index (χ1v) is 15.5. The molecule has 2 saturated heterocycles. The fourth-order valence-corrected chi connectivity index (χ4v) is 6.67. The molecule has 2 N–H and O–H groups in total. The number of rotatable bonds is 8. The van der Waals surface area contributed by atoms with Crippen LogP contribution in [0.1, 0.15) is 29.6 Å². The maximum absolute atomic E-state index is 13.7. The van der Waals surface area contributed by atoms with Gasteiger partial charge in [-0.2, -0.15) is 9.89 Å². The molecule has 1 amide bonds. The third kappa shape index (κ3) is 5.83. The molecule has 0 saturated carbocycles. The van der Waals surface area contributed by atoms with E-state index in [-0.39, 0.29) is 28.0 Å². The molecular weight excluding hydrogens is 561 g/mol. The SMILES string of the molecule is O=C(NCC1COCCN1n1ncc2cc(S(=O)(=O)c3cccc(F)c3)ccc21)c1ccccc1NC1CCCCO1. The Bertz CT molecular complexity index is 1690. The van der Waals surface area contributed by atoms with E-state index in [1.165, 1.54) is 30.3 Å². The Kier molecular flexibility index (Phi) is 8.09. The van der Waals surface area contributed by atoms with Crippen LogP contribution in [0.3, 0.4) is 0 Å². The summed E-state index contributed by atoms with van der Waals surface area (Å²) in [4.78, 5) is 14.9. The van der Waals surface area contributed by atoms with E-state index in [4.69, 9.17) is 9.47 Å². The third-order valence-corrected chi connectivity index (χ3v) is 9.29. The molecule has 220 valence electrons. The molecule has 0 aliphatic carbocycles. The standard InChI is InChI=1S/C30H32FN5O5S/c31-22-6-5-7-24(17-22)42(38,39)25-11-12-28-21(16-25)18-33-36(28)35-13-15-40-20-23(35)19-32-30(37)26-8-1-2-9-27(26)34-29-10-3-4-14-41-29/h1-2,5-9,11-12,16-18,23,29,34H,3-4,10,13-15,19-20H2,(H,32,37). The third-order valence-electron chi connectivity index (χ3n) is 7.54. The van der Waals surface area contributed by atoms with E-state index in [1.54, 1.807) is 23.1 Å². The highest BCUT2D eigenvalue weighted by Crippen LogP contribution is 2.26. The maximum atomic E-state index is 13.7. The van der Waals surface area contributed by atoms with Crippen LogP contribution >= 0.6 is 0 Å². The van der Waals surface area contributed by atoms with Gasteiger partial charge in [-0.25, -0.2) is 12.8 Å². The van der Waals surface area contributed by atoms with Crippen LogP contribution in [-0.4, -0.2) is 69.4 Å². The first-order chi connectivity index (χ1) is 20.4. The first-order valence-electron chi connectivity index (χ1n) is 14.0. The van der Waals surface area contributed by atoms with Gasteiger partial charge >= 0.3 is 0 Å². The highest BCUT2D eigenvalue weighted by Gasteiger charge is 2.27. The Morgan fingerprint density at radius 3 is 2.71 bits per heavy atom. The van der Waals surface area contributed by atoms with Gasteiger partial charge in [0.1, 0.15) is 12.0 Å². The number of benzene rings is 3. The molecule has 42 heavy (non-hydrogen) atoms. The Hall–Kier alpha value is -4.00. The summed E-state index contributed by atoms with van der Waals surface area (Å²) in [7, 11) is -3.91. The summed E-state index contributed by atoms with van der Waals surface area (Å²) >= 11 is 0. The van der Waals surface area contributed by atoms with Gasteiger partial charge in [-0.1, -0.05) is 18.2 Å².